The average molecular weight is 299 g/mol. The third-order valence-corrected chi connectivity index (χ3v) is 5.19. The van der Waals surface area contributed by atoms with Crippen molar-refractivity contribution < 1.29 is 13.5 Å². The average Bonchev–Trinajstić information content (AvgIpc) is 2.91. The van der Waals surface area contributed by atoms with E-state index in [0.29, 0.717) is 12.6 Å². The molecule has 1 aromatic carbocycles. The van der Waals surface area contributed by atoms with Crippen molar-refractivity contribution in [2.24, 2.45) is 0 Å². The Morgan fingerprint density at radius 3 is 2.85 bits per heavy atom. The van der Waals surface area contributed by atoms with E-state index in [2.05, 4.69) is 5.32 Å². The van der Waals surface area contributed by atoms with E-state index < -0.39 is 11.6 Å². The van der Waals surface area contributed by atoms with Crippen molar-refractivity contribution >= 4 is 11.8 Å². The van der Waals surface area contributed by atoms with Crippen molar-refractivity contribution in [1.82, 2.24) is 5.32 Å². The Kier molecular flexibility index (Phi) is 4.58. The number of hydrogen-bond acceptors (Lipinski definition) is 3. The lowest BCUT2D eigenvalue weighted by molar-refractivity contribution is 0.0962. The van der Waals surface area contributed by atoms with Gasteiger partial charge in [-0.05, 0) is 42.7 Å². The van der Waals surface area contributed by atoms with E-state index in [4.69, 9.17) is 4.74 Å². The van der Waals surface area contributed by atoms with E-state index in [-0.39, 0.29) is 12.1 Å². The molecule has 3 atom stereocenters. The number of hydrogen-bond donors (Lipinski definition) is 1. The van der Waals surface area contributed by atoms with Gasteiger partial charge < -0.3 is 10.1 Å². The number of benzene rings is 1. The highest BCUT2D eigenvalue weighted by Gasteiger charge is 2.32. The topological polar surface area (TPSA) is 21.3 Å². The van der Waals surface area contributed by atoms with Crippen LogP contribution < -0.4 is 5.32 Å². The van der Waals surface area contributed by atoms with Crippen LogP contribution in [-0.2, 0) is 4.74 Å². The summed E-state index contributed by atoms with van der Waals surface area (Å²) in [7, 11) is 0. The Bertz CT molecular complexity index is 465. The monoisotopic (exact) mass is 299 g/mol. The fraction of sp³-hybridized carbons (Fsp3) is 0.600. The SMILES string of the molecule is Fc1ccc([C@@H]2OCC[C@H]2N[C@H]2CCCSC2)cc1F. The molecule has 0 amide bonds. The predicted molar refractivity (Wildman–Crippen MR) is 76.9 cm³/mol. The maximum Gasteiger partial charge on any atom is 0.159 e. The van der Waals surface area contributed by atoms with Gasteiger partial charge >= 0.3 is 0 Å². The lowest BCUT2D eigenvalue weighted by atomic mass is 10.0. The third-order valence-electron chi connectivity index (χ3n) is 3.97. The van der Waals surface area contributed by atoms with Crippen LogP contribution in [0.4, 0.5) is 8.78 Å². The zero-order valence-electron chi connectivity index (χ0n) is 11.3. The van der Waals surface area contributed by atoms with E-state index in [9.17, 15) is 8.78 Å². The maximum atomic E-state index is 13.4. The molecule has 3 rings (SSSR count). The van der Waals surface area contributed by atoms with Gasteiger partial charge in [0.25, 0.3) is 0 Å². The highest BCUT2D eigenvalue weighted by Crippen LogP contribution is 2.31. The maximum absolute atomic E-state index is 13.4. The molecule has 0 spiro atoms. The van der Waals surface area contributed by atoms with Gasteiger partial charge in [-0.15, -0.1) is 0 Å². The summed E-state index contributed by atoms with van der Waals surface area (Å²) in [5.74, 6) is 0.761. The van der Waals surface area contributed by atoms with Crippen molar-refractivity contribution in [1.29, 1.82) is 0 Å². The first-order valence-electron chi connectivity index (χ1n) is 7.14. The summed E-state index contributed by atoms with van der Waals surface area (Å²) in [4.78, 5) is 0. The van der Waals surface area contributed by atoms with Gasteiger partial charge in [-0.1, -0.05) is 6.07 Å². The van der Waals surface area contributed by atoms with Crippen LogP contribution >= 0.6 is 11.8 Å². The quantitative estimate of drug-likeness (QED) is 0.925. The zero-order chi connectivity index (χ0) is 13.9. The van der Waals surface area contributed by atoms with Gasteiger partial charge in [-0.3, -0.25) is 0 Å². The number of thioether (sulfide) groups is 1. The number of nitrogens with one attached hydrogen (secondary N) is 1. The Labute approximate surface area is 122 Å². The molecule has 0 radical (unpaired) electrons. The molecule has 0 unspecified atom stereocenters. The van der Waals surface area contributed by atoms with Crippen LogP contribution in [0.3, 0.4) is 0 Å². The van der Waals surface area contributed by atoms with E-state index in [0.717, 1.165) is 17.7 Å². The Balaban J connectivity index is 1.69. The van der Waals surface area contributed by atoms with Gasteiger partial charge in [-0.2, -0.15) is 11.8 Å². The first-order valence-corrected chi connectivity index (χ1v) is 8.30. The second-order valence-electron chi connectivity index (χ2n) is 5.44. The largest absolute Gasteiger partial charge is 0.372 e. The molecule has 2 aliphatic rings. The molecule has 0 saturated carbocycles. The molecule has 5 heteroatoms. The molecule has 2 heterocycles. The summed E-state index contributed by atoms with van der Waals surface area (Å²) < 4.78 is 32.1. The molecule has 1 aromatic rings. The molecule has 110 valence electrons. The fourth-order valence-corrected chi connectivity index (χ4v) is 4.04. The van der Waals surface area contributed by atoms with Crippen LogP contribution in [0.1, 0.15) is 30.9 Å². The molecule has 2 saturated heterocycles. The summed E-state index contributed by atoms with van der Waals surface area (Å²) in [6.45, 7) is 0.668. The summed E-state index contributed by atoms with van der Waals surface area (Å²) in [6.07, 6.45) is 3.18. The van der Waals surface area contributed by atoms with Gasteiger partial charge in [0.05, 0.1) is 6.10 Å². The summed E-state index contributed by atoms with van der Waals surface area (Å²) in [5.41, 5.74) is 0.724. The minimum Gasteiger partial charge on any atom is -0.372 e. The van der Waals surface area contributed by atoms with Crippen LogP contribution in [0.2, 0.25) is 0 Å². The molecule has 2 nitrogen and oxygen atoms in total. The van der Waals surface area contributed by atoms with Crippen molar-refractivity contribution in [3.63, 3.8) is 0 Å². The standard InChI is InChI=1S/C15H19F2NOS/c16-12-4-3-10(8-13(12)17)15-14(5-6-19-15)18-11-2-1-7-20-9-11/h3-4,8,11,14-15,18H,1-2,5-7,9H2/t11-,14+,15-/m0/s1. The zero-order valence-corrected chi connectivity index (χ0v) is 12.1. The smallest absolute Gasteiger partial charge is 0.159 e. The first-order chi connectivity index (χ1) is 9.74. The summed E-state index contributed by atoms with van der Waals surface area (Å²) >= 11 is 1.97. The Morgan fingerprint density at radius 1 is 1.20 bits per heavy atom. The summed E-state index contributed by atoms with van der Waals surface area (Å²) in [5, 5.41) is 3.64. The van der Waals surface area contributed by atoms with Gasteiger partial charge in [-0.25, -0.2) is 8.78 Å². The predicted octanol–water partition coefficient (Wildman–Crippen LogP) is 3.28. The van der Waals surface area contributed by atoms with Gasteiger partial charge in [0.2, 0.25) is 0 Å². The number of rotatable bonds is 3. The Hall–Kier alpha value is -0.650. The third kappa shape index (κ3) is 3.15. The Morgan fingerprint density at radius 2 is 2.10 bits per heavy atom. The molecule has 20 heavy (non-hydrogen) atoms. The second kappa shape index (κ2) is 6.41. The minimum atomic E-state index is -0.806. The lowest BCUT2D eigenvalue weighted by Crippen LogP contribution is -2.42. The van der Waals surface area contributed by atoms with Gasteiger partial charge in [0.15, 0.2) is 11.6 Å². The number of halogens is 2. The fourth-order valence-electron chi connectivity index (χ4n) is 2.95. The van der Waals surface area contributed by atoms with Crippen LogP contribution in [0.25, 0.3) is 0 Å². The summed E-state index contributed by atoms with van der Waals surface area (Å²) in [6, 6.07) is 4.77. The molecule has 0 bridgehead atoms. The van der Waals surface area contributed by atoms with Crippen LogP contribution in [0.15, 0.2) is 18.2 Å². The van der Waals surface area contributed by atoms with Crippen LogP contribution in [0.5, 0.6) is 0 Å². The molecular formula is C15H19F2NOS. The lowest BCUT2D eigenvalue weighted by Gasteiger charge is -2.28. The van der Waals surface area contributed by atoms with Crippen LogP contribution in [0, 0.1) is 11.6 Å². The van der Waals surface area contributed by atoms with Gasteiger partial charge in [0.1, 0.15) is 0 Å². The molecule has 0 aliphatic carbocycles. The van der Waals surface area contributed by atoms with Gasteiger partial charge in [0, 0.05) is 24.4 Å². The van der Waals surface area contributed by atoms with Crippen molar-refractivity contribution in [2.45, 2.75) is 37.5 Å². The molecule has 0 aromatic heterocycles. The van der Waals surface area contributed by atoms with E-state index in [1.807, 2.05) is 11.8 Å². The molecule has 1 N–H and O–H groups in total. The van der Waals surface area contributed by atoms with Crippen molar-refractivity contribution in [3.8, 4) is 0 Å². The normalized spacial score (nSPS) is 30.6. The second-order valence-corrected chi connectivity index (χ2v) is 6.59. The molecular weight excluding hydrogens is 280 g/mol. The van der Waals surface area contributed by atoms with Crippen molar-refractivity contribution in [2.75, 3.05) is 18.1 Å². The van der Waals surface area contributed by atoms with Crippen molar-refractivity contribution in [3.05, 3.63) is 35.4 Å². The first kappa shape index (κ1) is 14.3. The number of ether oxygens (including phenoxy) is 1. The van der Waals surface area contributed by atoms with E-state index in [1.165, 1.54) is 30.7 Å². The van der Waals surface area contributed by atoms with Crippen LogP contribution in [-0.4, -0.2) is 30.2 Å². The van der Waals surface area contributed by atoms with E-state index in [1.54, 1.807) is 6.07 Å². The molecule has 2 fully saturated rings. The minimum absolute atomic E-state index is 0.169. The molecule has 2 aliphatic heterocycles. The van der Waals surface area contributed by atoms with E-state index >= 15 is 0 Å². The highest BCUT2D eigenvalue weighted by atomic mass is 32.2. The highest BCUT2D eigenvalue weighted by molar-refractivity contribution is 7.99.